The fourth-order valence-corrected chi connectivity index (χ4v) is 3.60. The molecule has 1 saturated heterocycles. The van der Waals surface area contributed by atoms with Crippen molar-refractivity contribution < 1.29 is 14.2 Å². The first-order valence-electron chi connectivity index (χ1n) is 8.77. The highest BCUT2D eigenvalue weighted by molar-refractivity contribution is 5.94. The molecular formula is C20H17N3O3. The summed E-state index contributed by atoms with van der Waals surface area (Å²) in [5.74, 6) is 1.46. The maximum Gasteiger partial charge on any atom is 0.231 e. The lowest BCUT2D eigenvalue weighted by atomic mass is 10.1. The van der Waals surface area contributed by atoms with Crippen molar-refractivity contribution in [2.24, 2.45) is 0 Å². The van der Waals surface area contributed by atoms with Crippen molar-refractivity contribution in [2.75, 3.05) is 13.4 Å². The van der Waals surface area contributed by atoms with Gasteiger partial charge in [0.15, 0.2) is 17.7 Å². The normalized spacial score (nSPS) is 18.8. The Labute approximate surface area is 150 Å². The van der Waals surface area contributed by atoms with Gasteiger partial charge in [-0.05, 0) is 55.7 Å². The summed E-state index contributed by atoms with van der Waals surface area (Å²) in [6.07, 6.45) is 3.09. The third-order valence-corrected chi connectivity index (χ3v) is 4.91. The molecule has 0 amide bonds. The summed E-state index contributed by atoms with van der Waals surface area (Å²) in [5, 5.41) is 15.1. The van der Waals surface area contributed by atoms with Crippen LogP contribution in [0.5, 0.6) is 11.5 Å². The molecule has 0 N–H and O–H groups in total. The van der Waals surface area contributed by atoms with Gasteiger partial charge in [0.05, 0.1) is 17.1 Å². The molecule has 2 aliphatic heterocycles. The Morgan fingerprint density at radius 1 is 1.08 bits per heavy atom. The third kappa shape index (κ3) is 2.40. The number of hydrogen-bond donors (Lipinski definition) is 0. The van der Waals surface area contributed by atoms with Crippen LogP contribution in [0.1, 0.15) is 31.1 Å². The molecule has 0 radical (unpaired) electrons. The van der Waals surface area contributed by atoms with Gasteiger partial charge in [0, 0.05) is 17.6 Å². The molecule has 130 valence electrons. The Morgan fingerprint density at radius 2 is 2.00 bits per heavy atom. The van der Waals surface area contributed by atoms with Crippen LogP contribution in [0.3, 0.4) is 0 Å². The minimum atomic E-state index is -0.0676. The molecular weight excluding hydrogens is 330 g/mol. The average molecular weight is 347 g/mol. The fourth-order valence-electron chi connectivity index (χ4n) is 3.60. The Kier molecular flexibility index (Phi) is 3.54. The van der Waals surface area contributed by atoms with E-state index in [0.717, 1.165) is 59.5 Å². The Hall–Kier alpha value is -3.04. The van der Waals surface area contributed by atoms with Gasteiger partial charge in [0.25, 0.3) is 0 Å². The summed E-state index contributed by atoms with van der Waals surface area (Å²) in [4.78, 5) is 0. The zero-order chi connectivity index (χ0) is 17.5. The first kappa shape index (κ1) is 15.2. The highest BCUT2D eigenvalue weighted by atomic mass is 16.7. The molecule has 26 heavy (non-hydrogen) atoms. The van der Waals surface area contributed by atoms with Gasteiger partial charge in [-0.1, -0.05) is 0 Å². The van der Waals surface area contributed by atoms with Crippen molar-refractivity contribution in [1.82, 2.24) is 9.78 Å². The lowest BCUT2D eigenvalue weighted by molar-refractivity contribution is -0.0365. The lowest BCUT2D eigenvalue weighted by Crippen LogP contribution is -2.19. The number of nitriles is 1. The Bertz CT molecular complexity index is 1030. The third-order valence-electron chi connectivity index (χ3n) is 4.91. The van der Waals surface area contributed by atoms with E-state index in [4.69, 9.17) is 19.3 Å². The number of ether oxygens (including phenoxy) is 3. The van der Waals surface area contributed by atoms with E-state index in [1.54, 1.807) is 0 Å². The molecule has 6 heteroatoms. The smallest absolute Gasteiger partial charge is 0.231 e. The largest absolute Gasteiger partial charge is 0.454 e. The Balaban J connectivity index is 1.69. The summed E-state index contributed by atoms with van der Waals surface area (Å²) in [7, 11) is 0. The number of rotatable bonds is 2. The molecule has 3 heterocycles. The van der Waals surface area contributed by atoms with Gasteiger partial charge >= 0.3 is 0 Å². The quantitative estimate of drug-likeness (QED) is 0.701. The van der Waals surface area contributed by atoms with Crippen LogP contribution in [0.15, 0.2) is 36.4 Å². The molecule has 1 atom stereocenters. The molecule has 0 bridgehead atoms. The number of aromatic nitrogens is 2. The second kappa shape index (κ2) is 6.04. The second-order valence-electron chi connectivity index (χ2n) is 6.53. The number of benzene rings is 2. The molecule has 0 spiro atoms. The first-order valence-corrected chi connectivity index (χ1v) is 8.77. The minimum Gasteiger partial charge on any atom is -0.454 e. The summed E-state index contributed by atoms with van der Waals surface area (Å²) < 4.78 is 18.8. The van der Waals surface area contributed by atoms with E-state index in [1.807, 2.05) is 41.1 Å². The Morgan fingerprint density at radius 3 is 2.85 bits per heavy atom. The minimum absolute atomic E-state index is 0.0676. The summed E-state index contributed by atoms with van der Waals surface area (Å²) >= 11 is 0. The van der Waals surface area contributed by atoms with Crippen LogP contribution in [-0.2, 0) is 4.74 Å². The van der Waals surface area contributed by atoms with E-state index in [1.165, 1.54) is 0 Å². The maximum atomic E-state index is 9.30. The van der Waals surface area contributed by atoms with Gasteiger partial charge in [-0.15, -0.1) is 0 Å². The van der Waals surface area contributed by atoms with Crippen LogP contribution in [-0.4, -0.2) is 23.2 Å². The van der Waals surface area contributed by atoms with Crippen molar-refractivity contribution in [3.05, 3.63) is 42.0 Å². The zero-order valence-corrected chi connectivity index (χ0v) is 14.1. The topological polar surface area (TPSA) is 69.3 Å². The van der Waals surface area contributed by atoms with Crippen molar-refractivity contribution in [3.63, 3.8) is 0 Å². The van der Waals surface area contributed by atoms with Gasteiger partial charge < -0.3 is 14.2 Å². The van der Waals surface area contributed by atoms with E-state index in [2.05, 4.69) is 6.07 Å². The monoisotopic (exact) mass is 347 g/mol. The molecule has 2 aromatic carbocycles. The van der Waals surface area contributed by atoms with E-state index in [9.17, 15) is 5.26 Å². The van der Waals surface area contributed by atoms with Gasteiger partial charge in [0.2, 0.25) is 6.79 Å². The van der Waals surface area contributed by atoms with E-state index >= 15 is 0 Å². The SMILES string of the molecule is N#Cc1ccc2c(c1)c(-c1ccc3c(c1)OCO3)nn2C1CCCCO1. The van der Waals surface area contributed by atoms with Crippen molar-refractivity contribution in [2.45, 2.75) is 25.5 Å². The van der Waals surface area contributed by atoms with Crippen molar-refractivity contribution in [1.29, 1.82) is 5.26 Å². The maximum absolute atomic E-state index is 9.30. The second-order valence-corrected chi connectivity index (χ2v) is 6.53. The highest BCUT2D eigenvalue weighted by Crippen LogP contribution is 2.39. The molecule has 1 aromatic heterocycles. The van der Waals surface area contributed by atoms with E-state index in [0.29, 0.717) is 5.56 Å². The number of fused-ring (bicyclic) bond motifs is 2. The van der Waals surface area contributed by atoms with Crippen molar-refractivity contribution in [3.8, 4) is 28.8 Å². The molecule has 1 unspecified atom stereocenters. The fraction of sp³-hybridized carbons (Fsp3) is 0.300. The highest BCUT2D eigenvalue weighted by Gasteiger charge is 2.23. The summed E-state index contributed by atoms with van der Waals surface area (Å²) in [6.45, 7) is 0.990. The van der Waals surface area contributed by atoms with E-state index < -0.39 is 0 Å². The molecule has 6 nitrogen and oxygen atoms in total. The predicted molar refractivity (Wildman–Crippen MR) is 94.8 cm³/mol. The van der Waals surface area contributed by atoms with Gasteiger partial charge in [-0.25, -0.2) is 4.68 Å². The van der Waals surface area contributed by atoms with Crippen LogP contribution in [0.4, 0.5) is 0 Å². The van der Waals surface area contributed by atoms with Crippen LogP contribution in [0.2, 0.25) is 0 Å². The summed E-state index contributed by atoms with van der Waals surface area (Å²) in [5.41, 5.74) is 3.35. The molecule has 5 rings (SSSR count). The lowest BCUT2D eigenvalue weighted by Gasteiger charge is -2.23. The van der Waals surface area contributed by atoms with E-state index in [-0.39, 0.29) is 13.0 Å². The first-order chi connectivity index (χ1) is 12.8. The summed E-state index contributed by atoms with van der Waals surface area (Å²) in [6, 6.07) is 13.7. The zero-order valence-electron chi connectivity index (χ0n) is 14.1. The van der Waals surface area contributed by atoms with Crippen LogP contribution < -0.4 is 9.47 Å². The number of hydrogen-bond acceptors (Lipinski definition) is 5. The molecule has 0 saturated carbocycles. The molecule has 0 aliphatic carbocycles. The van der Waals surface area contributed by atoms with Gasteiger partial charge in [0.1, 0.15) is 5.69 Å². The molecule has 2 aliphatic rings. The van der Waals surface area contributed by atoms with Crippen LogP contribution in [0, 0.1) is 11.3 Å². The average Bonchev–Trinajstić information content (AvgIpc) is 3.32. The standard InChI is InChI=1S/C20H17N3O3/c21-11-13-4-6-16-15(9-13)20(22-23(16)19-3-1-2-8-24-19)14-5-7-17-18(10-14)26-12-25-17/h4-7,9-10,19H,1-3,8,12H2. The van der Waals surface area contributed by atoms with Gasteiger partial charge in [-0.3, -0.25) is 0 Å². The van der Waals surface area contributed by atoms with Crippen molar-refractivity contribution >= 4 is 10.9 Å². The number of nitrogens with zero attached hydrogens (tertiary/aromatic N) is 3. The molecule has 3 aromatic rings. The van der Waals surface area contributed by atoms with Gasteiger partial charge in [-0.2, -0.15) is 10.4 Å². The van der Waals surface area contributed by atoms with Crippen LogP contribution >= 0.6 is 0 Å². The van der Waals surface area contributed by atoms with Crippen LogP contribution in [0.25, 0.3) is 22.2 Å². The molecule has 1 fully saturated rings. The predicted octanol–water partition coefficient (Wildman–Crippen LogP) is 4.00.